The Morgan fingerprint density at radius 3 is 2.67 bits per heavy atom. The zero-order valence-electron chi connectivity index (χ0n) is 9.19. The highest BCUT2D eigenvalue weighted by atomic mass is 79.9. The lowest BCUT2D eigenvalue weighted by Gasteiger charge is -2.19. The van der Waals surface area contributed by atoms with Gasteiger partial charge in [-0.3, -0.25) is 0 Å². The van der Waals surface area contributed by atoms with Gasteiger partial charge in [0.15, 0.2) is 0 Å². The molecule has 0 saturated heterocycles. The Hall–Kier alpha value is -0.370. The largest absolute Gasteiger partial charge is 0.207 e. The van der Waals surface area contributed by atoms with Gasteiger partial charge < -0.3 is 0 Å². The van der Waals surface area contributed by atoms with Crippen molar-refractivity contribution >= 4 is 15.9 Å². The Kier molecular flexibility index (Phi) is 2.89. The zero-order chi connectivity index (χ0) is 11.1. The number of benzene rings is 1. The zero-order valence-corrected chi connectivity index (χ0v) is 10.8. The fourth-order valence-electron chi connectivity index (χ4n) is 2.09. The molecule has 15 heavy (non-hydrogen) atoms. The second kappa shape index (κ2) is 3.89. The van der Waals surface area contributed by atoms with Crippen LogP contribution in [0.15, 0.2) is 18.2 Å². The average Bonchev–Trinajstić information content (AvgIpc) is 2.92. The van der Waals surface area contributed by atoms with Crippen LogP contribution in [0.5, 0.6) is 0 Å². The minimum absolute atomic E-state index is 0.117. The highest BCUT2D eigenvalue weighted by molar-refractivity contribution is 9.09. The van der Waals surface area contributed by atoms with Crippen molar-refractivity contribution in [3.05, 3.63) is 35.1 Å². The van der Waals surface area contributed by atoms with Crippen molar-refractivity contribution in [1.29, 1.82) is 0 Å². The van der Waals surface area contributed by atoms with Gasteiger partial charge in [0, 0.05) is 4.83 Å². The van der Waals surface area contributed by atoms with E-state index in [9.17, 15) is 4.39 Å². The number of rotatable bonds is 3. The van der Waals surface area contributed by atoms with Crippen molar-refractivity contribution in [2.24, 2.45) is 5.41 Å². The predicted molar refractivity (Wildman–Crippen MR) is 64.9 cm³/mol. The summed E-state index contributed by atoms with van der Waals surface area (Å²) in [6, 6.07) is 5.10. The quantitative estimate of drug-likeness (QED) is 0.721. The maximum Gasteiger partial charge on any atom is 0.123 e. The summed E-state index contributed by atoms with van der Waals surface area (Å²) in [4.78, 5) is 0.521. The molecular formula is C13H16BrF. The Morgan fingerprint density at radius 1 is 1.47 bits per heavy atom. The molecule has 1 aromatic carbocycles. The van der Waals surface area contributed by atoms with Crippen LogP contribution in [0.2, 0.25) is 0 Å². The molecule has 0 nitrogen and oxygen atoms in total. The lowest BCUT2D eigenvalue weighted by atomic mass is 9.91. The van der Waals surface area contributed by atoms with Gasteiger partial charge in [0.25, 0.3) is 0 Å². The molecule has 0 radical (unpaired) electrons. The normalized spacial score (nSPS) is 20.0. The molecule has 1 fully saturated rings. The van der Waals surface area contributed by atoms with Gasteiger partial charge in [-0.15, -0.1) is 0 Å². The molecule has 2 rings (SSSR count). The van der Waals surface area contributed by atoms with Crippen LogP contribution in [0.3, 0.4) is 0 Å². The molecule has 0 aliphatic heterocycles. The van der Waals surface area contributed by atoms with E-state index in [1.165, 1.54) is 30.0 Å². The van der Waals surface area contributed by atoms with E-state index in [2.05, 4.69) is 29.8 Å². The summed E-state index contributed by atoms with van der Waals surface area (Å²) < 4.78 is 13.1. The third kappa shape index (κ3) is 2.25. The van der Waals surface area contributed by atoms with Crippen LogP contribution in [0.1, 0.15) is 30.9 Å². The van der Waals surface area contributed by atoms with Gasteiger partial charge in [-0.25, -0.2) is 4.39 Å². The summed E-state index contributed by atoms with van der Waals surface area (Å²) in [7, 11) is 0. The minimum atomic E-state index is -0.117. The summed E-state index contributed by atoms with van der Waals surface area (Å²) in [5.74, 6) is -0.117. The first-order valence-electron chi connectivity index (χ1n) is 5.43. The maximum atomic E-state index is 13.1. The van der Waals surface area contributed by atoms with Crippen molar-refractivity contribution < 1.29 is 4.39 Å². The van der Waals surface area contributed by atoms with Crippen LogP contribution in [-0.2, 0) is 6.42 Å². The fourth-order valence-corrected chi connectivity index (χ4v) is 2.71. The second-order valence-electron chi connectivity index (χ2n) is 4.73. The molecule has 1 aliphatic carbocycles. The summed E-state index contributed by atoms with van der Waals surface area (Å²) in [6.45, 7) is 4.26. The molecule has 1 aromatic rings. The number of alkyl halides is 1. The predicted octanol–water partition coefficient (Wildman–Crippen LogP) is 4.24. The van der Waals surface area contributed by atoms with E-state index in [4.69, 9.17) is 0 Å². The van der Waals surface area contributed by atoms with E-state index in [1.54, 1.807) is 6.07 Å². The summed E-state index contributed by atoms with van der Waals surface area (Å²) in [5, 5.41) is 0. The van der Waals surface area contributed by atoms with Gasteiger partial charge in [-0.1, -0.05) is 28.9 Å². The van der Waals surface area contributed by atoms with Crippen molar-refractivity contribution in [3.63, 3.8) is 0 Å². The molecule has 1 aliphatic rings. The first kappa shape index (κ1) is 11.1. The smallest absolute Gasteiger partial charge is 0.123 e. The Morgan fingerprint density at radius 2 is 2.13 bits per heavy atom. The van der Waals surface area contributed by atoms with Gasteiger partial charge in [0.05, 0.1) is 0 Å². The van der Waals surface area contributed by atoms with Gasteiger partial charge in [-0.05, 0) is 54.9 Å². The standard InChI is InChI=1S/C13H16BrF/c1-9-3-4-12(15)7-11(9)8-13(5-6-13)10(2)14/h3-4,7,10H,5-6,8H2,1-2H3. The fraction of sp³-hybridized carbons (Fsp3) is 0.538. The second-order valence-corrected chi connectivity index (χ2v) is 6.10. The van der Waals surface area contributed by atoms with Crippen LogP contribution < -0.4 is 0 Å². The molecule has 0 N–H and O–H groups in total. The molecule has 0 aromatic heterocycles. The number of aryl methyl sites for hydroxylation is 1. The average molecular weight is 271 g/mol. The monoisotopic (exact) mass is 270 g/mol. The Balaban J connectivity index is 2.21. The van der Waals surface area contributed by atoms with Crippen molar-refractivity contribution in [2.75, 3.05) is 0 Å². The van der Waals surface area contributed by atoms with Gasteiger partial charge in [0.2, 0.25) is 0 Å². The molecule has 0 heterocycles. The van der Waals surface area contributed by atoms with E-state index in [1.807, 2.05) is 6.07 Å². The lowest BCUT2D eigenvalue weighted by molar-refractivity contribution is 0.505. The third-order valence-corrected chi connectivity index (χ3v) is 4.56. The summed E-state index contributed by atoms with van der Waals surface area (Å²) in [6.07, 6.45) is 3.52. The lowest BCUT2D eigenvalue weighted by Crippen LogP contribution is -2.15. The van der Waals surface area contributed by atoms with Crippen molar-refractivity contribution in [2.45, 2.75) is 37.9 Å². The molecule has 0 amide bonds. The third-order valence-electron chi connectivity index (χ3n) is 3.59. The van der Waals surface area contributed by atoms with Gasteiger partial charge in [0.1, 0.15) is 5.82 Å². The highest BCUT2D eigenvalue weighted by Crippen LogP contribution is 2.54. The van der Waals surface area contributed by atoms with E-state index < -0.39 is 0 Å². The molecular weight excluding hydrogens is 255 g/mol. The van der Waals surface area contributed by atoms with Crippen LogP contribution in [0, 0.1) is 18.2 Å². The van der Waals surface area contributed by atoms with Crippen molar-refractivity contribution in [3.8, 4) is 0 Å². The molecule has 0 spiro atoms. The molecule has 2 heteroatoms. The number of hydrogen-bond donors (Lipinski definition) is 0. The molecule has 0 bridgehead atoms. The maximum absolute atomic E-state index is 13.1. The SMILES string of the molecule is Cc1ccc(F)cc1CC1(C(C)Br)CC1. The van der Waals surface area contributed by atoms with Crippen molar-refractivity contribution in [1.82, 2.24) is 0 Å². The van der Waals surface area contributed by atoms with Gasteiger partial charge >= 0.3 is 0 Å². The van der Waals surface area contributed by atoms with Gasteiger partial charge in [-0.2, -0.15) is 0 Å². The summed E-state index contributed by atoms with van der Waals surface area (Å²) in [5.41, 5.74) is 2.76. The van der Waals surface area contributed by atoms with E-state index >= 15 is 0 Å². The number of halogens is 2. The minimum Gasteiger partial charge on any atom is -0.207 e. The first-order valence-corrected chi connectivity index (χ1v) is 6.34. The van der Waals surface area contributed by atoms with Crippen LogP contribution in [-0.4, -0.2) is 4.83 Å². The molecule has 1 unspecified atom stereocenters. The highest BCUT2D eigenvalue weighted by Gasteiger charge is 2.46. The van der Waals surface area contributed by atoms with Crippen LogP contribution in [0.4, 0.5) is 4.39 Å². The van der Waals surface area contributed by atoms with Crippen LogP contribution in [0.25, 0.3) is 0 Å². The Bertz CT molecular complexity index is 367. The topological polar surface area (TPSA) is 0 Å². The van der Waals surface area contributed by atoms with E-state index in [0.29, 0.717) is 10.2 Å². The number of hydrogen-bond acceptors (Lipinski definition) is 0. The first-order chi connectivity index (χ1) is 7.03. The molecule has 82 valence electrons. The molecule has 1 saturated carbocycles. The molecule has 1 atom stereocenters. The Labute approximate surface area is 99.0 Å². The van der Waals surface area contributed by atoms with E-state index in [0.717, 1.165) is 6.42 Å². The summed E-state index contributed by atoms with van der Waals surface area (Å²) >= 11 is 3.67. The van der Waals surface area contributed by atoms with Crippen LogP contribution >= 0.6 is 15.9 Å². The van der Waals surface area contributed by atoms with E-state index in [-0.39, 0.29) is 5.82 Å².